The lowest BCUT2D eigenvalue weighted by molar-refractivity contribution is 0.307. The molecule has 0 amide bonds. The van der Waals surface area contributed by atoms with Crippen LogP contribution in [0.25, 0.3) is 0 Å². The first-order valence-corrected chi connectivity index (χ1v) is 11.1. The molecule has 2 nitrogen and oxygen atoms in total. The number of nitrogens with one attached hydrogen (secondary N) is 1. The number of aromatic nitrogens is 1. The minimum atomic E-state index is 0.112. The first kappa shape index (κ1) is 16.2. The van der Waals surface area contributed by atoms with Crippen LogP contribution in [0.1, 0.15) is 62.0 Å². The number of thiazole rings is 1. The van der Waals surface area contributed by atoms with Crippen LogP contribution in [0.2, 0.25) is 0 Å². The van der Waals surface area contributed by atoms with Gasteiger partial charge in [-0.15, -0.1) is 11.8 Å². The molecule has 2 saturated carbocycles. The molecule has 1 aromatic carbocycles. The molecule has 132 valence electrons. The molecule has 2 bridgehead atoms. The molecule has 2 fully saturated rings. The molecule has 5 atom stereocenters. The van der Waals surface area contributed by atoms with Crippen LogP contribution in [0.4, 0.5) is 0 Å². The van der Waals surface area contributed by atoms with Crippen molar-refractivity contribution in [2.45, 2.75) is 61.6 Å². The number of aromatic amines is 1. The lowest BCUT2D eigenvalue weighted by atomic mass is 9.74. The third-order valence-corrected chi connectivity index (χ3v) is 9.22. The fraction of sp³-hybridized carbons (Fsp3) is 0.571. The zero-order chi connectivity index (χ0) is 17.3. The van der Waals surface area contributed by atoms with Crippen LogP contribution < -0.4 is 4.87 Å². The molecule has 1 aromatic heterocycles. The van der Waals surface area contributed by atoms with Gasteiger partial charge in [-0.3, -0.25) is 4.79 Å². The molecule has 2 aromatic rings. The van der Waals surface area contributed by atoms with Crippen LogP contribution in [0.3, 0.4) is 0 Å². The van der Waals surface area contributed by atoms with Crippen LogP contribution >= 0.6 is 23.1 Å². The maximum absolute atomic E-state index is 12.1. The van der Waals surface area contributed by atoms with E-state index in [1.807, 2.05) is 11.8 Å². The van der Waals surface area contributed by atoms with Gasteiger partial charge in [0.25, 0.3) is 0 Å². The maximum atomic E-state index is 12.1. The molecule has 1 aliphatic heterocycles. The number of rotatable bonds is 1. The molecule has 4 heteroatoms. The number of thioether (sulfide) groups is 1. The van der Waals surface area contributed by atoms with Gasteiger partial charge in [-0.05, 0) is 53.6 Å². The van der Waals surface area contributed by atoms with E-state index in [1.54, 1.807) is 0 Å². The van der Waals surface area contributed by atoms with Crippen LogP contribution in [-0.2, 0) is 5.41 Å². The summed E-state index contributed by atoms with van der Waals surface area (Å²) >= 11 is 3.42. The Morgan fingerprint density at radius 3 is 2.52 bits per heavy atom. The quantitative estimate of drug-likeness (QED) is 0.729. The summed E-state index contributed by atoms with van der Waals surface area (Å²) in [7, 11) is 0. The summed E-state index contributed by atoms with van der Waals surface area (Å²) in [5.41, 5.74) is 2.97. The van der Waals surface area contributed by atoms with Crippen molar-refractivity contribution in [2.24, 2.45) is 17.8 Å². The van der Waals surface area contributed by atoms with Gasteiger partial charge in [-0.25, -0.2) is 0 Å². The van der Waals surface area contributed by atoms with Gasteiger partial charge in [-0.2, -0.15) is 0 Å². The minimum absolute atomic E-state index is 0.112. The molecular formula is C21H25NOS2. The van der Waals surface area contributed by atoms with Gasteiger partial charge in [-0.1, -0.05) is 56.4 Å². The average molecular weight is 372 g/mol. The molecule has 0 unspecified atom stereocenters. The second-order valence-electron chi connectivity index (χ2n) is 9.05. The van der Waals surface area contributed by atoms with Crippen molar-refractivity contribution in [2.75, 3.05) is 0 Å². The van der Waals surface area contributed by atoms with Gasteiger partial charge in [0.15, 0.2) is 0 Å². The van der Waals surface area contributed by atoms with Gasteiger partial charge >= 0.3 is 4.87 Å². The molecule has 3 aliphatic rings. The maximum Gasteiger partial charge on any atom is 0.305 e. The largest absolute Gasteiger partial charge is 0.307 e. The summed E-state index contributed by atoms with van der Waals surface area (Å²) in [6.45, 7) is 6.80. The van der Waals surface area contributed by atoms with E-state index in [4.69, 9.17) is 0 Å². The van der Waals surface area contributed by atoms with Crippen molar-refractivity contribution >= 4 is 23.1 Å². The Bertz CT molecular complexity index is 857. The SMILES string of the molecule is CC(C)(C)c1ccc([C@@H]2c3sc(=O)[nH]c3S[C@@H]3[C@@H]4CC[C@H](C4)[C@H]23)cc1. The van der Waals surface area contributed by atoms with Crippen LogP contribution in [0.15, 0.2) is 34.1 Å². The Morgan fingerprint density at radius 1 is 1.08 bits per heavy atom. The number of benzene rings is 1. The van der Waals surface area contributed by atoms with E-state index >= 15 is 0 Å². The van der Waals surface area contributed by atoms with E-state index in [2.05, 4.69) is 50.0 Å². The lowest BCUT2D eigenvalue weighted by Gasteiger charge is -2.40. The van der Waals surface area contributed by atoms with Gasteiger partial charge in [0, 0.05) is 16.0 Å². The zero-order valence-corrected chi connectivity index (χ0v) is 16.7. The molecule has 2 heterocycles. The van der Waals surface area contributed by atoms with Gasteiger partial charge in [0.05, 0.1) is 5.03 Å². The zero-order valence-electron chi connectivity index (χ0n) is 15.0. The van der Waals surface area contributed by atoms with Crippen molar-refractivity contribution in [1.29, 1.82) is 0 Å². The summed E-state index contributed by atoms with van der Waals surface area (Å²) in [6.07, 6.45) is 4.17. The van der Waals surface area contributed by atoms with Crippen molar-refractivity contribution in [1.82, 2.24) is 4.98 Å². The van der Waals surface area contributed by atoms with E-state index < -0.39 is 0 Å². The summed E-state index contributed by atoms with van der Waals surface area (Å²) in [6, 6.07) is 9.26. The first-order chi connectivity index (χ1) is 11.9. The highest BCUT2D eigenvalue weighted by Crippen LogP contribution is 2.63. The predicted octanol–water partition coefficient (Wildman–Crippen LogP) is 5.39. The third-order valence-electron chi connectivity index (χ3n) is 6.60. The number of H-pyrrole nitrogens is 1. The molecule has 0 spiro atoms. The molecule has 1 N–H and O–H groups in total. The Morgan fingerprint density at radius 2 is 1.80 bits per heavy atom. The van der Waals surface area contributed by atoms with E-state index in [1.165, 1.54) is 46.6 Å². The second kappa shape index (κ2) is 5.50. The van der Waals surface area contributed by atoms with Crippen LogP contribution in [0.5, 0.6) is 0 Å². The molecule has 2 aliphatic carbocycles. The monoisotopic (exact) mass is 371 g/mol. The summed E-state index contributed by atoms with van der Waals surface area (Å²) in [5.74, 6) is 2.82. The molecular weight excluding hydrogens is 346 g/mol. The summed E-state index contributed by atoms with van der Waals surface area (Å²) < 4.78 is 0. The van der Waals surface area contributed by atoms with Crippen molar-refractivity contribution < 1.29 is 0 Å². The lowest BCUT2D eigenvalue weighted by Crippen LogP contribution is -2.33. The van der Waals surface area contributed by atoms with Crippen molar-refractivity contribution in [3.63, 3.8) is 0 Å². The van der Waals surface area contributed by atoms with Gasteiger partial charge in [0.2, 0.25) is 0 Å². The number of hydrogen-bond acceptors (Lipinski definition) is 3. The van der Waals surface area contributed by atoms with Gasteiger partial charge in [0.1, 0.15) is 0 Å². The molecule has 5 rings (SSSR count). The smallest absolute Gasteiger partial charge is 0.305 e. The average Bonchev–Trinajstić information content (AvgIpc) is 3.25. The summed E-state index contributed by atoms with van der Waals surface area (Å²) in [5, 5.41) is 1.86. The normalized spacial score (nSPS) is 33.3. The Labute approximate surface area is 157 Å². The highest BCUT2D eigenvalue weighted by molar-refractivity contribution is 8.00. The van der Waals surface area contributed by atoms with Crippen LogP contribution in [0, 0.1) is 17.8 Å². The fourth-order valence-electron chi connectivity index (χ4n) is 5.41. The Kier molecular flexibility index (Phi) is 3.56. The van der Waals surface area contributed by atoms with E-state index in [-0.39, 0.29) is 10.3 Å². The third kappa shape index (κ3) is 2.48. The second-order valence-corrected chi connectivity index (χ2v) is 11.3. The Balaban J connectivity index is 1.61. The fourth-order valence-corrected chi connectivity index (χ4v) is 8.31. The first-order valence-electron chi connectivity index (χ1n) is 9.42. The number of hydrogen-bond donors (Lipinski definition) is 1. The summed E-state index contributed by atoms with van der Waals surface area (Å²) in [4.78, 5) is 16.6. The van der Waals surface area contributed by atoms with Gasteiger partial charge < -0.3 is 4.98 Å². The highest BCUT2D eigenvalue weighted by Gasteiger charge is 2.54. The molecule has 0 radical (unpaired) electrons. The highest BCUT2D eigenvalue weighted by atomic mass is 32.2. The molecule has 0 saturated heterocycles. The molecule has 25 heavy (non-hydrogen) atoms. The van der Waals surface area contributed by atoms with Crippen LogP contribution in [-0.4, -0.2) is 10.2 Å². The van der Waals surface area contributed by atoms with Crippen molar-refractivity contribution in [3.05, 3.63) is 49.9 Å². The minimum Gasteiger partial charge on any atom is -0.307 e. The van der Waals surface area contributed by atoms with E-state index in [0.29, 0.717) is 17.1 Å². The van der Waals surface area contributed by atoms with E-state index in [9.17, 15) is 4.79 Å². The van der Waals surface area contributed by atoms with Crippen molar-refractivity contribution in [3.8, 4) is 0 Å². The number of fused-ring (bicyclic) bond motifs is 6. The van der Waals surface area contributed by atoms with E-state index in [0.717, 1.165) is 16.9 Å². The predicted molar refractivity (Wildman–Crippen MR) is 106 cm³/mol. The standard InChI is InChI=1S/C21H25NOS2/c1-21(2,3)14-8-6-11(7-9-14)15-16-12-4-5-13(10-12)17(16)24-19-18(15)25-20(23)22-19/h6-9,12-13,15-17H,4-5,10H2,1-3H3,(H,22,23)/t12-,13-,15+,16-,17-/m1/s1. The topological polar surface area (TPSA) is 32.9 Å². The Hall–Kier alpha value is -1.000.